The molecule has 0 radical (unpaired) electrons. The summed E-state index contributed by atoms with van der Waals surface area (Å²) in [5.74, 6) is 1.94. The number of hydrogen-bond acceptors (Lipinski definition) is 4. The Labute approximate surface area is 140 Å². The third-order valence-corrected chi connectivity index (χ3v) is 3.91. The van der Waals surface area contributed by atoms with Gasteiger partial charge in [0.15, 0.2) is 0 Å². The number of nitrogen functional groups attached to an aromatic ring is 1. The van der Waals surface area contributed by atoms with Crippen LogP contribution in [0.4, 0.5) is 5.82 Å². The number of anilines is 1. The summed E-state index contributed by atoms with van der Waals surface area (Å²) in [6.45, 7) is 0. The molecule has 0 aliphatic heterocycles. The molecular formula is C19H17N3O2. The van der Waals surface area contributed by atoms with E-state index in [0.29, 0.717) is 11.4 Å². The molecule has 24 heavy (non-hydrogen) atoms. The summed E-state index contributed by atoms with van der Waals surface area (Å²) in [6.07, 6.45) is 1.87. The summed E-state index contributed by atoms with van der Waals surface area (Å²) in [5.41, 5.74) is 9.21. The zero-order chi connectivity index (χ0) is 17.1. The Morgan fingerprint density at radius 3 is 1.96 bits per heavy atom. The van der Waals surface area contributed by atoms with Crippen LogP contribution in [0.15, 0.2) is 54.7 Å². The topological polar surface area (TPSA) is 73.2 Å². The van der Waals surface area contributed by atoms with Crippen LogP contribution in [0.2, 0.25) is 0 Å². The van der Waals surface area contributed by atoms with Crippen LogP contribution in [0.25, 0.3) is 16.8 Å². The van der Waals surface area contributed by atoms with Crippen molar-refractivity contribution in [2.75, 3.05) is 20.0 Å². The smallest absolute Gasteiger partial charge is 0.126 e. The maximum Gasteiger partial charge on any atom is 0.126 e. The Balaban J connectivity index is 2.09. The molecule has 2 N–H and O–H groups in total. The van der Waals surface area contributed by atoms with Crippen LogP contribution in [0.1, 0.15) is 5.56 Å². The van der Waals surface area contributed by atoms with Crippen molar-refractivity contribution in [3.8, 4) is 34.4 Å². The van der Waals surface area contributed by atoms with Crippen LogP contribution in [0.5, 0.6) is 11.5 Å². The van der Waals surface area contributed by atoms with Crippen LogP contribution >= 0.6 is 0 Å². The van der Waals surface area contributed by atoms with Crippen LogP contribution in [0.3, 0.4) is 0 Å². The zero-order valence-corrected chi connectivity index (χ0v) is 13.5. The first-order valence-electron chi connectivity index (χ1n) is 7.37. The van der Waals surface area contributed by atoms with E-state index in [-0.39, 0.29) is 0 Å². The van der Waals surface area contributed by atoms with Gasteiger partial charge in [0.25, 0.3) is 0 Å². The number of aromatic nitrogens is 1. The predicted octanol–water partition coefficient (Wildman–Crippen LogP) is 3.62. The van der Waals surface area contributed by atoms with Crippen molar-refractivity contribution in [2.24, 2.45) is 0 Å². The molecule has 0 atom stereocenters. The van der Waals surface area contributed by atoms with Gasteiger partial charge in [0.1, 0.15) is 28.9 Å². The third-order valence-electron chi connectivity index (χ3n) is 3.91. The van der Waals surface area contributed by atoms with Gasteiger partial charge >= 0.3 is 0 Å². The van der Waals surface area contributed by atoms with Crippen molar-refractivity contribution in [1.29, 1.82) is 5.26 Å². The van der Waals surface area contributed by atoms with Gasteiger partial charge in [0.2, 0.25) is 0 Å². The molecule has 0 saturated heterocycles. The number of nitrogens with zero attached hydrogens (tertiary/aromatic N) is 2. The first-order valence-corrected chi connectivity index (χ1v) is 7.37. The minimum Gasteiger partial charge on any atom is -0.497 e. The van der Waals surface area contributed by atoms with Crippen LogP contribution in [0, 0.1) is 11.3 Å². The third kappa shape index (κ3) is 2.66. The summed E-state index contributed by atoms with van der Waals surface area (Å²) in [6, 6.07) is 17.2. The molecule has 120 valence electrons. The lowest BCUT2D eigenvalue weighted by molar-refractivity contribution is 0.414. The number of nitrogens with two attached hydrogens (primary N) is 1. The zero-order valence-electron chi connectivity index (χ0n) is 13.5. The largest absolute Gasteiger partial charge is 0.497 e. The SMILES string of the molecule is COc1ccc(-c2cn(-c3ccc(OC)cc3)c(N)c2C#N)cc1. The fourth-order valence-corrected chi connectivity index (χ4v) is 2.59. The van der Waals surface area contributed by atoms with Crippen LogP contribution in [-0.4, -0.2) is 18.8 Å². The molecule has 0 saturated carbocycles. The minimum absolute atomic E-state index is 0.411. The van der Waals surface area contributed by atoms with Crippen LogP contribution in [-0.2, 0) is 0 Å². The second-order valence-corrected chi connectivity index (χ2v) is 5.21. The lowest BCUT2D eigenvalue weighted by Gasteiger charge is -2.06. The van der Waals surface area contributed by atoms with E-state index in [9.17, 15) is 5.26 Å². The number of benzene rings is 2. The van der Waals surface area contributed by atoms with E-state index in [1.54, 1.807) is 18.8 Å². The van der Waals surface area contributed by atoms with E-state index >= 15 is 0 Å². The number of methoxy groups -OCH3 is 2. The van der Waals surface area contributed by atoms with Gasteiger partial charge in [-0.1, -0.05) is 12.1 Å². The standard InChI is InChI=1S/C19H17N3O2/c1-23-15-7-3-13(4-8-15)18-12-22(19(21)17(18)11-20)14-5-9-16(24-2)10-6-14/h3-10,12H,21H2,1-2H3. The highest BCUT2D eigenvalue weighted by Crippen LogP contribution is 2.32. The van der Waals surface area contributed by atoms with Gasteiger partial charge in [-0.2, -0.15) is 5.26 Å². The van der Waals surface area contributed by atoms with Gasteiger partial charge in [0, 0.05) is 17.4 Å². The number of hydrogen-bond donors (Lipinski definition) is 1. The normalized spacial score (nSPS) is 10.2. The van der Waals surface area contributed by atoms with Crippen molar-refractivity contribution in [3.63, 3.8) is 0 Å². The Hall–Kier alpha value is -3.39. The maximum absolute atomic E-state index is 9.52. The molecular weight excluding hydrogens is 302 g/mol. The van der Waals surface area contributed by atoms with Gasteiger partial charge in [-0.15, -0.1) is 0 Å². The van der Waals surface area contributed by atoms with E-state index < -0.39 is 0 Å². The van der Waals surface area contributed by atoms with Crippen molar-refractivity contribution in [3.05, 3.63) is 60.3 Å². The molecule has 0 aliphatic carbocycles. The molecule has 5 heteroatoms. The lowest BCUT2D eigenvalue weighted by Crippen LogP contribution is -1.99. The molecule has 1 heterocycles. The summed E-state index contributed by atoms with van der Waals surface area (Å²) >= 11 is 0. The van der Waals surface area contributed by atoms with Crippen molar-refractivity contribution in [2.45, 2.75) is 0 Å². The van der Waals surface area contributed by atoms with Gasteiger partial charge < -0.3 is 19.8 Å². The second-order valence-electron chi connectivity index (χ2n) is 5.21. The highest BCUT2D eigenvalue weighted by atomic mass is 16.5. The molecule has 3 aromatic rings. The average molecular weight is 319 g/mol. The van der Waals surface area contributed by atoms with Gasteiger partial charge in [0.05, 0.1) is 14.2 Å². The second kappa shape index (κ2) is 6.39. The molecule has 3 rings (SSSR count). The van der Waals surface area contributed by atoms with E-state index in [2.05, 4.69) is 6.07 Å². The van der Waals surface area contributed by atoms with Gasteiger partial charge in [-0.25, -0.2) is 0 Å². The molecule has 0 aliphatic rings. The van der Waals surface area contributed by atoms with Crippen LogP contribution < -0.4 is 15.2 Å². The van der Waals surface area contributed by atoms with Crippen molar-refractivity contribution >= 4 is 5.82 Å². The van der Waals surface area contributed by atoms with Crippen molar-refractivity contribution < 1.29 is 9.47 Å². The summed E-state index contributed by atoms with van der Waals surface area (Å²) in [7, 11) is 3.24. The van der Waals surface area contributed by atoms with E-state index in [4.69, 9.17) is 15.2 Å². The summed E-state index contributed by atoms with van der Waals surface area (Å²) in [5, 5.41) is 9.52. The molecule has 0 fully saturated rings. The predicted molar refractivity (Wildman–Crippen MR) is 93.4 cm³/mol. The molecule has 1 aromatic heterocycles. The first kappa shape index (κ1) is 15.5. The summed E-state index contributed by atoms with van der Waals surface area (Å²) < 4.78 is 12.1. The minimum atomic E-state index is 0.411. The Morgan fingerprint density at radius 1 is 0.917 bits per heavy atom. The Morgan fingerprint density at radius 2 is 1.46 bits per heavy atom. The number of rotatable bonds is 4. The first-order chi connectivity index (χ1) is 11.7. The number of nitriles is 1. The fourth-order valence-electron chi connectivity index (χ4n) is 2.59. The number of ether oxygens (including phenoxy) is 2. The molecule has 0 unspecified atom stereocenters. The molecule has 0 amide bonds. The molecule has 0 spiro atoms. The fraction of sp³-hybridized carbons (Fsp3) is 0.105. The Kier molecular flexibility index (Phi) is 4.13. The lowest BCUT2D eigenvalue weighted by atomic mass is 10.0. The highest BCUT2D eigenvalue weighted by molar-refractivity contribution is 5.78. The van der Waals surface area contributed by atoms with Gasteiger partial charge in [-0.05, 0) is 42.0 Å². The molecule has 5 nitrogen and oxygen atoms in total. The summed E-state index contributed by atoms with van der Waals surface area (Å²) in [4.78, 5) is 0. The quantitative estimate of drug-likeness (QED) is 0.797. The van der Waals surface area contributed by atoms with E-state index in [0.717, 1.165) is 28.3 Å². The molecule has 0 bridgehead atoms. The monoisotopic (exact) mass is 319 g/mol. The van der Waals surface area contributed by atoms with E-state index in [1.165, 1.54) is 0 Å². The highest BCUT2D eigenvalue weighted by Gasteiger charge is 2.16. The van der Waals surface area contributed by atoms with E-state index in [1.807, 2.05) is 54.7 Å². The maximum atomic E-state index is 9.52. The van der Waals surface area contributed by atoms with Gasteiger partial charge in [-0.3, -0.25) is 0 Å². The molecule has 2 aromatic carbocycles. The Bertz CT molecular complexity index is 888. The average Bonchev–Trinajstić information content (AvgIpc) is 2.98. The van der Waals surface area contributed by atoms with Crippen molar-refractivity contribution in [1.82, 2.24) is 4.57 Å².